The van der Waals surface area contributed by atoms with Gasteiger partial charge in [-0.1, -0.05) is 39.1 Å². The molecule has 0 amide bonds. The molecule has 2 rings (SSSR count). The number of halogens is 3. The van der Waals surface area contributed by atoms with Crippen molar-refractivity contribution in [3.05, 3.63) is 26.7 Å². The molecule has 1 fully saturated rings. The summed E-state index contributed by atoms with van der Waals surface area (Å²) in [5, 5.41) is 8.84. The predicted molar refractivity (Wildman–Crippen MR) is 85.0 cm³/mol. The summed E-state index contributed by atoms with van der Waals surface area (Å²) in [5.74, 6) is 0. The van der Waals surface area contributed by atoms with Gasteiger partial charge in [-0.05, 0) is 12.1 Å². The quantitative estimate of drug-likeness (QED) is 0.715. The zero-order valence-corrected chi connectivity index (χ0v) is 14.8. The van der Waals surface area contributed by atoms with Crippen LogP contribution in [-0.2, 0) is 10.0 Å². The van der Waals surface area contributed by atoms with E-state index in [1.165, 1.54) is 16.4 Å². The molecule has 0 spiro atoms. The van der Waals surface area contributed by atoms with Crippen LogP contribution in [0.5, 0.6) is 0 Å². The zero-order valence-electron chi connectivity index (χ0n) is 10.9. The minimum atomic E-state index is -3.74. The second-order valence-corrected chi connectivity index (χ2v) is 8.14. The monoisotopic (exact) mass is 411 g/mol. The number of hydrogen-bond donors (Lipinski definition) is 0. The van der Waals surface area contributed by atoms with Gasteiger partial charge in [0.1, 0.15) is 4.90 Å². The van der Waals surface area contributed by atoms with E-state index < -0.39 is 10.0 Å². The van der Waals surface area contributed by atoms with Crippen LogP contribution < -0.4 is 0 Å². The topological polar surface area (TPSA) is 64.4 Å². The Labute approximate surface area is 142 Å². The van der Waals surface area contributed by atoms with Crippen molar-refractivity contribution in [1.82, 2.24) is 9.21 Å². The summed E-state index contributed by atoms with van der Waals surface area (Å²) in [5.41, 5.74) is 0. The van der Waals surface area contributed by atoms with E-state index >= 15 is 0 Å². The Morgan fingerprint density at radius 2 is 1.71 bits per heavy atom. The number of rotatable bonds is 3. The van der Waals surface area contributed by atoms with Gasteiger partial charge < -0.3 is 0 Å². The van der Waals surface area contributed by atoms with Crippen molar-refractivity contribution in [3.63, 3.8) is 0 Å². The number of hydrogen-bond acceptors (Lipinski definition) is 4. The van der Waals surface area contributed by atoms with Gasteiger partial charge in [0.2, 0.25) is 10.0 Å². The Bertz CT molecular complexity index is 659. The van der Waals surface area contributed by atoms with Gasteiger partial charge >= 0.3 is 0 Å². The SMILES string of the molecule is N#CCN1CCN(S(=O)(=O)c2c(Cl)cc(Br)cc2Cl)CC1. The summed E-state index contributed by atoms with van der Waals surface area (Å²) in [7, 11) is -3.74. The molecule has 0 aliphatic carbocycles. The minimum absolute atomic E-state index is 0.0669. The average Bonchev–Trinajstić information content (AvgIpc) is 2.38. The molecule has 0 atom stereocenters. The maximum absolute atomic E-state index is 12.7. The van der Waals surface area contributed by atoms with Crippen molar-refractivity contribution in [2.24, 2.45) is 0 Å². The van der Waals surface area contributed by atoms with Crippen LogP contribution in [0.1, 0.15) is 0 Å². The fourth-order valence-corrected chi connectivity index (χ4v) is 5.44. The normalized spacial score (nSPS) is 17.6. The highest BCUT2D eigenvalue weighted by atomic mass is 79.9. The molecule has 114 valence electrons. The van der Waals surface area contributed by atoms with E-state index in [1.807, 2.05) is 4.90 Å². The highest BCUT2D eigenvalue weighted by Crippen LogP contribution is 2.34. The fourth-order valence-electron chi connectivity index (χ4n) is 2.13. The molecular formula is C12H12BrCl2N3O2S. The van der Waals surface area contributed by atoms with Gasteiger partial charge in [-0.3, -0.25) is 4.90 Å². The second-order valence-electron chi connectivity index (χ2n) is 4.54. The first-order valence-electron chi connectivity index (χ1n) is 6.10. The molecule has 5 nitrogen and oxygen atoms in total. The maximum Gasteiger partial charge on any atom is 0.246 e. The third kappa shape index (κ3) is 3.70. The number of piperazine rings is 1. The molecule has 1 aromatic rings. The van der Waals surface area contributed by atoms with Crippen LogP contribution in [0.25, 0.3) is 0 Å². The van der Waals surface area contributed by atoms with Crippen molar-refractivity contribution in [2.75, 3.05) is 32.7 Å². The lowest BCUT2D eigenvalue weighted by Crippen LogP contribution is -2.48. The van der Waals surface area contributed by atoms with Crippen LogP contribution >= 0.6 is 39.1 Å². The molecular weight excluding hydrogens is 401 g/mol. The Morgan fingerprint density at radius 1 is 1.19 bits per heavy atom. The molecule has 1 saturated heterocycles. The second kappa shape index (κ2) is 6.82. The molecule has 0 saturated carbocycles. The lowest BCUT2D eigenvalue weighted by molar-refractivity contribution is 0.206. The maximum atomic E-state index is 12.7. The first-order valence-corrected chi connectivity index (χ1v) is 9.09. The highest BCUT2D eigenvalue weighted by molar-refractivity contribution is 9.10. The van der Waals surface area contributed by atoms with Crippen molar-refractivity contribution >= 4 is 49.2 Å². The summed E-state index contributed by atoms with van der Waals surface area (Å²) in [6.45, 7) is 1.95. The Hall–Kier alpha value is -0.360. The van der Waals surface area contributed by atoms with Crippen LogP contribution in [-0.4, -0.2) is 50.3 Å². The average molecular weight is 413 g/mol. The molecule has 9 heteroatoms. The van der Waals surface area contributed by atoms with Crippen LogP contribution in [0.4, 0.5) is 0 Å². The molecule has 1 heterocycles. The van der Waals surface area contributed by atoms with Crippen molar-refractivity contribution < 1.29 is 8.42 Å². The van der Waals surface area contributed by atoms with E-state index in [9.17, 15) is 8.42 Å². The van der Waals surface area contributed by atoms with E-state index in [4.69, 9.17) is 28.5 Å². The van der Waals surface area contributed by atoms with Crippen molar-refractivity contribution in [2.45, 2.75) is 4.90 Å². The van der Waals surface area contributed by atoms with Gasteiger partial charge in [0.05, 0.1) is 22.7 Å². The largest absolute Gasteiger partial charge is 0.288 e. The Kier molecular flexibility index (Phi) is 5.52. The summed E-state index contributed by atoms with van der Waals surface area (Å²) in [6.07, 6.45) is 0. The molecule has 0 radical (unpaired) electrons. The Balaban J connectivity index is 2.27. The number of sulfonamides is 1. The third-order valence-corrected chi connectivity index (χ3v) is 6.47. The molecule has 21 heavy (non-hydrogen) atoms. The third-order valence-electron chi connectivity index (χ3n) is 3.19. The van der Waals surface area contributed by atoms with Crippen LogP contribution in [0, 0.1) is 11.3 Å². The van der Waals surface area contributed by atoms with Gasteiger partial charge in [0.15, 0.2) is 0 Å². The van der Waals surface area contributed by atoms with Gasteiger partial charge in [-0.25, -0.2) is 8.42 Å². The summed E-state index contributed by atoms with van der Waals surface area (Å²) < 4.78 is 27.3. The number of benzene rings is 1. The number of nitriles is 1. The fraction of sp³-hybridized carbons (Fsp3) is 0.417. The molecule has 1 aromatic carbocycles. The number of nitrogens with zero attached hydrogens (tertiary/aromatic N) is 3. The van der Waals surface area contributed by atoms with E-state index in [2.05, 4.69) is 22.0 Å². The van der Waals surface area contributed by atoms with E-state index in [-0.39, 0.29) is 14.9 Å². The molecule has 1 aliphatic heterocycles. The standard InChI is InChI=1S/C12H12BrCl2N3O2S/c13-9-7-10(14)12(11(15)8-9)21(19,20)18-5-3-17(2-1-16)4-6-18/h7-8H,2-6H2. The van der Waals surface area contributed by atoms with Gasteiger partial charge in [-0.2, -0.15) is 9.57 Å². The molecule has 1 aliphatic rings. The van der Waals surface area contributed by atoms with Crippen LogP contribution in [0.3, 0.4) is 0 Å². The minimum Gasteiger partial charge on any atom is -0.288 e. The first kappa shape index (κ1) is 17.0. The lowest BCUT2D eigenvalue weighted by Gasteiger charge is -2.32. The smallest absolute Gasteiger partial charge is 0.246 e. The summed E-state index contributed by atoms with van der Waals surface area (Å²) >= 11 is 15.3. The highest BCUT2D eigenvalue weighted by Gasteiger charge is 2.32. The summed E-state index contributed by atoms with van der Waals surface area (Å²) in [6, 6.07) is 5.07. The van der Waals surface area contributed by atoms with E-state index in [0.29, 0.717) is 37.2 Å². The zero-order chi connectivity index (χ0) is 15.6. The molecule has 0 unspecified atom stereocenters. The lowest BCUT2D eigenvalue weighted by atomic mass is 10.4. The predicted octanol–water partition coefficient (Wildman–Crippen LogP) is 2.59. The van der Waals surface area contributed by atoms with Gasteiger partial charge in [-0.15, -0.1) is 0 Å². The van der Waals surface area contributed by atoms with Crippen LogP contribution in [0.15, 0.2) is 21.5 Å². The van der Waals surface area contributed by atoms with Gasteiger partial charge in [0.25, 0.3) is 0 Å². The summed E-state index contributed by atoms with van der Waals surface area (Å²) in [4.78, 5) is 1.83. The Morgan fingerprint density at radius 3 is 2.19 bits per heavy atom. The van der Waals surface area contributed by atoms with E-state index in [1.54, 1.807) is 0 Å². The first-order chi connectivity index (χ1) is 9.86. The molecule has 0 aromatic heterocycles. The van der Waals surface area contributed by atoms with E-state index in [0.717, 1.165) is 0 Å². The van der Waals surface area contributed by atoms with Crippen molar-refractivity contribution in [1.29, 1.82) is 5.26 Å². The van der Waals surface area contributed by atoms with Crippen LogP contribution in [0.2, 0.25) is 10.0 Å². The molecule has 0 bridgehead atoms. The van der Waals surface area contributed by atoms with Gasteiger partial charge in [0, 0.05) is 30.7 Å². The van der Waals surface area contributed by atoms with Crippen molar-refractivity contribution in [3.8, 4) is 6.07 Å². The molecule has 0 N–H and O–H groups in total.